The van der Waals surface area contributed by atoms with Gasteiger partial charge in [-0.2, -0.15) is 0 Å². The van der Waals surface area contributed by atoms with Crippen LogP contribution >= 0.6 is 15.6 Å². The quantitative estimate of drug-likeness (QED) is 0.0222. The molecule has 0 spiro atoms. The molecule has 0 saturated heterocycles. The van der Waals surface area contributed by atoms with Crippen LogP contribution in [0.25, 0.3) is 0 Å². The zero-order valence-electron chi connectivity index (χ0n) is 62.8. The third-order valence-corrected chi connectivity index (χ3v) is 20.9. The Kier molecular flexibility index (Phi) is 66.2. The largest absolute Gasteiger partial charge is 0.472 e. The van der Waals surface area contributed by atoms with Gasteiger partial charge in [-0.1, -0.05) is 344 Å². The van der Waals surface area contributed by atoms with Crippen molar-refractivity contribution >= 4 is 39.5 Å². The molecule has 0 aromatic carbocycles. The van der Waals surface area contributed by atoms with E-state index in [-0.39, 0.29) is 25.7 Å². The van der Waals surface area contributed by atoms with Crippen molar-refractivity contribution < 1.29 is 80.2 Å². The number of carbonyl (C=O) groups is 4. The fourth-order valence-electron chi connectivity index (χ4n) is 11.7. The van der Waals surface area contributed by atoms with Crippen LogP contribution in [0.2, 0.25) is 0 Å². The average Bonchev–Trinajstić information content (AvgIpc) is 1.13. The second-order valence-corrected chi connectivity index (χ2v) is 31.4. The highest BCUT2D eigenvalue weighted by Gasteiger charge is 2.30. The summed E-state index contributed by atoms with van der Waals surface area (Å²) in [7, 11) is -9.91. The standard InChI is InChI=1S/C77H150O17P2/c1-8-12-13-14-15-37-44-51-58-74(79)87-64-72(94-77(82)61-54-47-40-33-32-36-43-50-57-70(7)11-4)66-91-95(83,84)89-62-71(78)63-90-96(85,86)92-67-73(93-76(81)60-53-46-39-31-27-23-19-17-21-25-29-35-42-49-56-69(6)10-3)65-88-75(80)59-52-45-38-30-26-22-18-16-20-24-28-34-41-48-55-68(5)9-2/h68-73,78H,8-67H2,1-7H3,(H,83,84)(H,85,86)/t68?,69?,70?,71-,72+,73+/m0/s1. The number of hydrogen-bond acceptors (Lipinski definition) is 15. The number of rotatable bonds is 75. The van der Waals surface area contributed by atoms with E-state index >= 15 is 0 Å². The number of hydrogen-bond donors (Lipinski definition) is 3. The number of aliphatic hydroxyl groups is 1. The number of phosphoric acid groups is 2. The Morgan fingerprint density at radius 2 is 0.500 bits per heavy atom. The molecule has 0 saturated carbocycles. The summed E-state index contributed by atoms with van der Waals surface area (Å²) in [5.74, 6) is 0.346. The summed E-state index contributed by atoms with van der Waals surface area (Å²) in [4.78, 5) is 72.8. The summed E-state index contributed by atoms with van der Waals surface area (Å²) in [6.45, 7) is 12.0. The van der Waals surface area contributed by atoms with Crippen molar-refractivity contribution in [2.24, 2.45) is 17.8 Å². The Morgan fingerprint density at radius 1 is 0.292 bits per heavy atom. The molecule has 0 aliphatic rings. The Balaban J connectivity index is 5.22. The van der Waals surface area contributed by atoms with E-state index in [0.717, 1.165) is 114 Å². The van der Waals surface area contributed by atoms with E-state index in [9.17, 15) is 43.2 Å². The maximum absolute atomic E-state index is 13.1. The monoisotopic (exact) mass is 1410 g/mol. The first-order chi connectivity index (χ1) is 46.3. The molecule has 19 heteroatoms. The van der Waals surface area contributed by atoms with Crippen LogP contribution in [-0.2, 0) is 65.4 Å². The smallest absolute Gasteiger partial charge is 0.462 e. The normalized spacial score (nSPS) is 14.9. The summed E-state index contributed by atoms with van der Waals surface area (Å²) < 4.78 is 68.5. The molecule has 0 amide bonds. The van der Waals surface area contributed by atoms with Crippen LogP contribution in [0.4, 0.5) is 0 Å². The van der Waals surface area contributed by atoms with Gasteiger partial charge in [0.15, 0.2) is 12.2 Å². The van der Waals surface area contributed by atoms with Crippen LogP contribution in [0.1, 0.15) is 395 Å². The maximum atomic E-state index is 13.1. The van der Waals surface area contributed by atoms with Crippen molar-refractivity contribution in [3.8, 4) is 0 Å². The third-order valence-electron chi connectivity index (χ3n) is 19.0. The van der Waals surface area contributed by atoms with Gasteiger partial charge in [0.25, 0.3) is 0 Å². The van der Waals surface area contributed by atoms with E-state index in [1.807, 2.05) is 0 Å². The number of ether oxygens (including phenoxy) is 4. The van der Waals surface area contributed by atoms with Gasteiger partial charge in [0.05, 0.1) is 26.4 Å². The lowest BCUT2D eigenvalue weighted by atomic mass is 9.99. The lowest BCUT2D eigenvalue weighted by Crippen LogP contribution is -2.30. The number of unbranched alkanes of at least 4 members (excludes halogenated alkanes) is 40. The second-order valence-electron chi connectivity index (χ2n) is 28.5. The molecule has 0 aromatic heterocycles. The molecule has 3 N–H and O–H groups in total. The predicted octanol–water partition coefficient (Wildman–Crippen LogP) is 22.6. The van der Waals surface area contributed by atoms with Crippen LogP contribution in [-0.4, -0.2) is 96.7 Å². The fraction of sp³-hybridized carbons (Fsp3) is 0.948. The number of phosphoric ester groups is 2. The molecule has 570 valence electrons. The lowest BCUT2D eigenvalue weighted by Gasteiger charge is -2.21. The van der Waals surface area contributed by atoms with Gasteiger partial charge in [-0.05, 0) is 43.4 Å². The topological polar surface area (TPSA) is 237 Å². The minimum atomic E-state index is -4.96. The molecule has 0 aliphatic carbocycles. The molecule has 96 heavy (non-hydrogen) atoms. The lowest BCUT2D eigenvalue weighted by molar-refractivity contribution is -0.161. The van der Waals surface area contributed by atoms with E-state index in [0.29, 0.717) is 25.7 Å². The van der Waals surface area contributed by atoms with Crippen molar-refractivity contribution in [1.29, 1.82) is 0 Å². The SMILES string of the molecule is CCCCCCCCCCC(=O)OC[C@H](COP(=O)(O)OC[C@H](O)COP(=O)(O)OC[C@@H](COC(=O)CCCCCCCCCCCCCCCCC(C)CC)OC(=O)CCCCCCCCCCCCCCCCC(C)CC)OC(=O)CCCCCCCCCCC(C)CC. The van der Waals surface area contributed by atoms with Gasteiger partial charge in [-0.3, -0.25) is 37.3 Å². The second kappa shape index (κ2) is 67.5. The summed E-state index contributed by atoms with van der Waals surface area (Å²) in [5, 5.41) is 10.6. The first kappa shape index (κ1) is 94.1. The molecule has 0 radical (unpaired) electrons. The number of carbonyl (C=O) groups excluding carboxylic acids is 4. The highest BCUT2D eigenvalue weighted by atomic mass is 31.2. The van der Waals surface area contributed by atoms with Crippen molar-refractivity contribution in [2.45, 2.75) is 414 Å². The third kappa shape index (κ3) is 66.6. The molecular formula is C77H150O17P2. The molecule has 17 nitrogen and oxygen atoms in total. The van der Waals surface area contributed by atoms with Crippen molar-refractivity contribution in [2.75, 3.05) is 39.6 Å². The summed E-state index contributed by atoms with van der Waals surface area (Å²) in [6.07, 6.45) is 54.0. The van der Waals surface area contributed by atoms with Crippen molar-refractivity contribution in [3.63, 3.8) is 0 Å². The number of esters is 4. The molecular weight excluding hydrogens is 1260 g/mol. The minimum absolute atomic E-state index is 0.105. The Labute approximate surface area is 588 Å². The maximum Gasteiger partial charge on any atom is 0.472 e. The Bertz CT molecular complexity index is 1880. The van der Waals surface area contributed by atoms with Gasteiger partial charge in [-0.15, -0.1) is 0 Å². The zero-order valence-corrected chi connectivity index (χ0v) is 64.6. The molecule has 0 aliphatic heterocycles. The van der Waals surface area contributed by atoms with Crippen molar-refractivity contribution in [3.05, 3.63) is 0 Å². The van der Waals surface area contributed by atoms with Gasteiger partial charge in [-0.25, -0.2) is 9.13 Å². The van der Waals surface area contributed by atoms with Crippen LogP contribution in [0.15, 0.2) is 0 Å². The van der Waals surface area contributed by atoms with Gasteiger partial charge in [0.2, 0.25) is 0 Å². The Hall–Kier alpha value is -1.94. The van der Waals surface area contributed by atoms with E-state index < -0.39 is 97.5 Å². The first-order valence-corrected chi connectivity index (χ1v) is 43.0. The van der Waals surface area contributed by atoms with E-state index in [1.54, 1.807) is 0 Å². The molecule has 5 unspecified atom stereocenters. The predicted molar refractivity (Wildman–Crippen MR) is 391 cm³/mol. The molecule has 0 fully saturated rings. The summed E-state index contributed by atoms with van der Waals surface area (Å²) >= 11 is 0. The van der Waals surface area contributed by atoms with Gasteiger partial charge >= 0.3 is 39.5 Å². The number of aliphatic hydroxyl groups excluding tert-OH is 1. The molecule has 0 bridgehead atoms. The van der Waals surface area contributed by atoms with Gasteiger partial charge in [0, 0.05) is 25.7 Å². The highest BCUT2D eigenvalue weighted by Crippen LogP contribution is 2.45. The van der Waals surface area contributed by atoms with Crippen molar-refractivity contribution in [1.82, 2.24) is 0 Å². The zero-order chi connectivity index (χ0) is 70.9. The van der Waals surface area contributed by atoms with Crippen LogP contribution in [0.3, 0.4) is 0 Å². The average molecular weight is 1410 g/mol. The van der Waals surface area contributed by atoms with Crippen LogP contribution < -0.4 is 0 Å². The summed E-state index contributed by atoms with van der Waals surface area (Å²) in [5.41, 5.74) is 0. The minimum Gasteiger partial charge on any atom is -0.462 e. The van der Waals surface area contributed by atoms with E-state index in [2.05, 4.69) is 48.5 Å². The molecule has 8 atom stereocenters. The summed E-state index contributed by atoms with van der Waals surface area (Å²) in [6, 6.07) is 0. The first-order valence-electron chi connectivity index (χ1n) is 40.0. The molecule has 0 heterocycles. The van der Waals surface area contributed by atoms with Crippen LogP contribution in [0, 0.1) is 17.8 Å². The fourth-order valence-corrected chi connectivity index (χ4v) is 13.3. The van der Waals surface area contributed by atoms with Gasteiger partial charge in [0.1, 0.15) is 19.3 Å². The van der Waals surface area contributed by atoms with E-state index in [4.69, 9.17) is 37.0 Å². The molecule has 0 aromatic rings. The van der Waals surface area contributed by atoms with Gasteiger partial charge < -0.3 is 33.8 Å². The Morgan fingerprint density at radius 3 is 0.740 bits per heavy atom. The van der Waals surface area contributed by atoms with Crippen LogP contribution in [0.5, 0.6) is 0 Å². The van der Waals surface area contributed by atoms with E-state index in [1.165, 1.54) is 199 Å². The highest BCUT2D eigenvalue weighted by molar-refractivity contribution is 7.47. The molecule has 0 rings (SSSR count).